The zero-order chi connectivity index (χ0) is 25.8. The lowest BCUT2D eigenvalue weighted by Gasteiger charge is -2.38. The minimum atomic E-state index is -0.467. The molecule has 1 saturated carbocycles. The first-order chi connectivity index (χ1) is 16.5. The minimum absolute atomic E-state index is 0.0438. The van der Waals surface area contributed by atoms with Gasteiger partial charge in [-0.05, 0) is 62.2 Å². The van der Waals surface area contributed by atoms with Gasteiger partial charge in [0, 0.05) is 26.1 Å². The fraction of sp³-hybridized carbons (Fsp3) is 0.633. The van der Waals surface area contributed by atoms with Crippen LogP contribution in [0.15, 0.2) is 30.3 Å². The van der Waals surface area contributed by atoms with Crippen molar-refractivity contribution in [2.24, 2.45) is 11.3 Å². The highest BCUT2D eigenvalue weighted by molar-refractivity contribution is 5.99. The van der Waals surface area contributed by atoms with Gasteiger partial charge in [-0.2, -0.15) is 0 Å². The highest BCUT2D eigenvalue weighted by Gasteiger charge is 2.43. The van der Waals surface area contributed by atoms with Crippen LogP contribution in [-0.4, -0.2) is 53.1 Å². The predicted molar refractivity (Wildman–Crippen MR) is 142 cm³/mol. The molecule has 1 aliphatic carbocycles. The number of hydrogen-bond donors (Lipinski definition) is 0. The van der Waals surface area contributed by atoms with E-state index in [1.54, 1.807) is 11.0 Å². The Kier molecular flexibility index (Phi) is 8.95. The van der Waals surface area contributed by atoms with Gasteiger partial charge < -0.3 is 9.80 Å². The van der Waals surface area contributed by atoms with E-state index < -0.39 is 12.0 Å². The second-order valence-corrected chi connectivity index (χ2v) is 11.7. The number of aryl methyl sites for hydroxylation is 1. The third-order valence-corrected chi connectivity index (χ3v) is 7.92. The molecule has 2 atom stereocenters. The molecule has 0 radical (unpaired) electrons. The molecular formula is C30H44N2O3. The molecule has 2 amide bonds. The van der Waals surface area contributed by atoms with Crippen LogP contribution in [0.5, 0.6) is 0 Å². The van der Waals surface area contributed by atoms with E-state index in [1.807, 2.05) is 70.8 Å². The minimum Gasteiger partial charge on any atom is -0.341 e. The highest BCUT2D eigenvalue weighted by Crippen LogP contribution is 2.34. The predicted octanol–water partition coefficient (Wildman–Crippen LogP) is 5.80. The van der Waals surface area contributed by atoms with Crippen molar-refractivity contribution in [2.45, 2.75) is 98.1 Å². The van der Waals surface area contributed by atoms with Crippen molar-refractivity contribution in [3.05, 3.63) is 41.5 Å². The lowest BCUT2D eigenvalue weighted by atomic mass is 9.76. The molecule has 192 valence electrons. The molecule has 1 aliphatic heterocycles. The molecule has 0 spiro atoms. The van der Waals surface area contributed by atoms with E-state index in [-0.39, 0.29) is 35.5 Å². The molecule has 0 aromatic heterocycles. The van der Waals surface area contributed by atoms with E-state index in [9.17, 15) is 14.4 Å². The van der Waals surface area contributed by atoms with Crippen LogP contribution in [-0.2, 0) is 14.4 Å². The molecule has 5 heteroatoms. The number of amides is 2. The van der Waals surface area contributed by atoms with Gasteiger partial charge in [-0.3, -0.25) is 14.4 Å². The number of nitrogens with zero attached hydrogens (tertiary/aromatic N) is 2. The Morgan fingerprint density at radius 1 is 1.03 bits per heavy atom. The van der Waals surface area contributed by atoms with Gasteiger partial charge in [0.05, 0.1) is 5.92 Å². The maximum Gasteiger partial charge on any atom is 0.245 e. The Bertz CT molecular complexity index is 935. The van der Waals surface area contributed by atoms with Crippen molar-refractivity contribution < 1.29 is 14.4 Å². The average molecular weight is 481 g/mol. The van der Waals surface area contributed by atoms with Crippen molar-refractivity contribution in [1.82, 2.24) is 9.80 Å². The van der Waals surface area contributed by atoms with E-state index in [0.717, 1.165) is 30.4 Å². The molecule has 35 heavy (non-hydrogen) atoms. The summed E-state index contributed by atoms with van der Waals surface area (Å²) >= 11 is 0. The Labute approximate surface area is 211 Å². The molecule has 1 saturated heterocycles. The fourth-order valence-corrected chi connectivity index (χ4v) is 5.54. The summed E-state index contributed by atoms with van der Waals surface area (Å²) in [5.74, 6) is -0.500. The van der Waals surface area contributed by atoms with Crippen LogP contribution in [0.2, 0.25) is 0 Å². The number of allylic oxidation sites excluding steroid dienone is 2. The molecule has 2 fully saturated rings. The van der Waals surface area contributed by atoms with Gasteiger partial charge in [0.25, 0.3) is 0 Å². The maximum atomic E-state index is 13.8. The summed E-state index contributed by atoms with van der Waals surface area (Å²) in [6, 6.07) is 7.98. The number of carbonyl (C=O) groups is 3. The van der Waals surface area contributed by atoms with Crippen LogP contribution in [0.3, 0.4) is 0 Å². The molecule has 1 aromatic carbocycles. The number of rotatable bonds is 7. The summed E-state index contributed by atoms with van der Waals surface area (Å²) in [6.07, 6.45) is 9.03. The number of ketones is 1. The summed E-state index contributed by atoms with van der Waals surface area (Å²) in [5, 5.41) is 0. The number of carbonyl (C=O) groups excluding carboxylic acids is 3. The smallest absolute Gasteiger partial charge is 0.245 e. The number of hydrogen-bond acceptors (Lipinski definition) is 3. The summed E-state index contributed by atoms with van der Waals surface area (Å²) in [7, 11) is 1.91. The van der Waals surface area contributed by atoms with Crippen LogP contribution in [0.4, 0.5) is 0 Å². The van der Waals surface area contributed by atoms with E-state index in [4.69, 9.17) is 0 Å². The quantitative estimate of drug-likeness (QED) is 0.463. The molecule has 5 nitrogen and oxygen atoms in total. The molecule has 1 heterocycles. The van der Waals surface area contributed by atoms with Crippen LogP contribution < -0.4 is 0 Å². The standard InChI is InChI=1S/C30H44N2O3/c1-21-14-16-23(17-15-21)22(2)19-25(33)20-26(30(3,4)5)28(34)32-18-10-13-27(32)29(35)31(6)24-11-8-7-9-12-24/h14-17,19,24,26-27H,7-13,18,20H2,1-6H3/b22-19+/t26-,27?/m1/s1. The SMILES string of the molecule is C/C(=C\C(=O)C[C@H](C(=O)N1CCCC1C(=O)N(C)C1CCCCC1)C(C)(C)C)c1ccc(C)cc1. The first-order valence-corrected chi connectivity index (χ1v) is 13.3. The largest absolute Gasteiger partial charge is 0.341 e. The monoisotopic (exact) mass is 480 g/mol. The molecule has 0 bridgehead atoms. The van der Waals surface area contributed by atoms with Gasteiger partial charge in [-0.1, -0.05) is 69.9 Å². The first kappa shape index (κ1) is 27.2. The van der Waals surface area contributed by atoms with E-state index >= 15 is 0 Å². The Hall–Kier alpha value is -2.43. The third-order valence-electron chi connectivity index (χ3n) is 7.92. The van der Waals surface area contributed by atoms with E-state index in [1.165, 1.54) is 24.8 Å². The van der Waals surface area contributed by atoms with Gasteiger partial charge >= 0.3 is 0 Å². The van der Waals surface area contributed by atoms with Crippen molar-refractivity contribution in [2.75, 3.05) is 13.6 Å². The summed E-state index contributed by atoms with van der Waals surface area (Å²) in [5.41, 5.74) is 2.70. The molecule has 1 unspecified atom stereocenters. The van der Waals surface area contributed by atoms with Crippen molar-refractivity contribution >= 4 is 23.2 Å². The Morgan fingerprint density at radius 3 is 2.26 bits per heavy atom. The lowest BCUT2D eigenvalue weighted by molar-refractivity contribution is -0.149. The van der Waals surface area contributed by atoms with E-state index in [2.05, 4.69) is 0 Å². The highest BCUT2D eigenvalue weighted by atomic mass is 16.2. The first-order valence-electron chi connectivity index (χ1n) is 13.3. The Balaban J connectivity index is 1.73. The lowest BCUT2D eigenvalue weighted by Crippen LogP contribution is -2.52. The zero-order valence-electron chi connectivity index (χ0n) is 22.6. The molecule has 0 N–H and O–H groups in total. The average Bonchev–Trinajstić information content (AvgIpc) is 3.31. The number of likely N-dealkylation sites (N-methyl/N-ethyl adjacent to an activating group) is 1. The second-order valence-electron chi connectivity index (χ2n) is 11.7. The molecule has 1 aromatic rings. The molecular weight excluding hydrogens is 436 g/mol. The summed E-state index contributed by atoms with van der Waals surface area (Å²) in [4.78, 5) is 44.0. The van der Waals surface area contributed by atoms with E-state index in [0.29, 0.717) is 13.0 Å². The van der Waals surface area contributed by atoms with Gasteiger partial charge in [0.1, 0.15) is 6.04 Å². The van der Waals surface area contributed by atoms with Crippen LogP contribution in [0, 0.1) is 18.3 Å². The molecule has 2 aliphatic rings. The van der Waals surface area contributed by atoms with Crippen molar-refractivity contribution in [3.8, 4) is 0 Å². The van der Waals surface area contributed by atoms with Gasteiger partial charge in [-0.15, -0.1) is 0 Å². The van der Waals surface area contributed by atoms with Crippen LogP contribution >= 0.6 is 0 Å². The summed E-state index contributed by atoms with van der Waals surface area (Å²) < 4.78 is 0. The van der Waals surface area contributed by atoms with Crippen molar-refractivity contribution in [1.29, 1.82) is 0 Å². The number of benzene rings is 1. The number of likely N-dealkylation sites (tertiary alicyclic amines) is 1. The van der Waals surface area contributed by atoms with Crippen LogP contribution in [0.1, 0.15) is 90.2 Å². The Morgan fingerprint density at radius 2 is 1.66 bits per heavy atom. The van der Waals surface area contributed by atoms with Crippen LogP contribution in [0.25, 0.3) is 5.57 Å². The zero-order valence-corrected chi connectivity index (χ0v) is 22.6. The fourth-order valence-electron chi connectivity index (χ4n) is 5.54. The normalized spacial score (nSPS) is 20.6. The second kappa shape index (κ2) is 11.5. The third kappa shape index (κ3) is 6.83. The van der Waals surface area contributed by atoms with Crippen molar-refractivity contribution in [3.63, 3.8) is 0 Å². The summed E-state index contributed by atoms with van der Waals surface area (Å²) in [6.45, 7) is 10.6. The van der Waals surface area contributed by atoms with Gasteiger partial charge in [-0.25, -0.2) is 0 Å². The maximum absolute atomic E-state index is 13.8. The molecule has 3 rings (SSSR count). The van der Waals surface area contributed by atoms with Gasteiger partial charge in [0.15, 0.2) is 5.78 Å². The topological polar surface area (TPSA) is 57.7 Å². The van der Waals surface area contributed by atoms with Gasteiger partial charge in [0.2, 0.25) is 11.8 Å².